The van der Waals surface area contributed by atoms with Gasteiger partial charge in [-0.1, -0.05) is 17.7 Å². The zero-order chi connectivity index (χ0) is 22.5. The Morgan fingerprint density at radius 2 is 1.93 bits per heavy atom. The van der Waals surface area contributed by atoms with Gasteiger partial charge in [0.25, 0.3) is 5.69 Å². The van der Waals surface area contributed by atoms with Crippen molar-refractivity contribution in [2.24, 2.45) is 0 Å². The molecule has 0 saturated heterocycles. The van der Waals surface area contributed by atoms with E-state index < -0.39 is 33.4 Å². The average molecular weight is 456 g/mol. The van der Waals surface area contributed by atoms with Gasteiger partial charge in [-0.15, -0.1) is 0 Å². The predicted molar refractivity (Wildman–Crippen MR) is 111 cm³/mol. The maximum absolute atomic E-state index is 12.4. The first-order chi connectivity index (χ1) is 14.0. The number of halogens is 1. The molecule has 30 heavy (non-hydrogen) atoms. The van der Waals surface area contributed by atoms with Gasteiger partial charge in [-0.25, -0.2) is 13.2 Å². The van der Waals surface area contributed by atoms with E-state index >= 15 is 0 Å². The van der Waals surface area contributed by atoms with Crippen molar-refractivity contribution in [2.45, 2.75) is 6.92 Å². The Balaban J connectivity index is 2.21. The monoisotopic (exact) mass is 455 g/mol. The van der Waals surface area contributed by atoms with E-state index in [1.807, 2.05) is 0 Å². The van der Waals surface area contributed by atoms with E-state index in [1.165, 1.54) is 36.4 Å². The summed E-state index contributed by atoms with van der Waals surface area (Å²) in [6.07, 6.45) is 0.879. The third-order valence-electron chi connectivity index (χ3n) is 3.76. The molecule has 2 rings (SSSR count). The van der Waals surface area contributed by atoms with E-state index in [0.717, 1.165) is 16.6 Å². The Bertz CT molecular complexity index is 1090. The van der Waals surface area contributed by atoms with Gasteiger partial charge in [-0.3, -0.25) is 19.2 Å². The summed E-state index contributed by atoms with van der Waals surface area (Å²) in [5, 5.41) is 13.5. The average Bonchev–Trinajstić information content (AvgIpc) is 2.65. The molecule has 0 saturated carbocycles. The number of rotatable bonds is 8. The fraction of sp³-hybridized carbons (Fsp3) is 0.222. The van der Waals surface area contributed by atoms with Crippen LogP contribution in [0.2, 0.25) is 5.02 Å². The summed E-state index contributed by atoms with van der Waals surface area (Å²) in [7, 11) is -3.92. The van der Waals surface area contributed by atoms with Crippen LogP contribution in [-0.4, -0.2) is 44.6 Å². The van der Waals surface area contributed by atoms with E-state index in [4.69, 9.17) is 16.3 Å². The van der Waals surface area contributed by atoms with E-state index in [1.54, 1.807) is 6.92 Å². The molecule has 1 amide bonds. The van der Waals surface area contributed by atoms with Gasteiger partial charge in [0.1, 0.15) is 6.54 Å². The number of nitrogens with zero attached hydrogens (tertiary/aromatic N) is 2. The number of amides is 1. The SMILES string of the molecule is CCOC(=O)c1ccc(NC(=O)CN(c2cccc([N+](=O)[O-])c2)S(C)(=O)=O)cc1Cl. The fourth-order valence-electron chi connectivity index (χ4n) is 2.46. The highest BCUT2D eigenvalue weighted by molar-refractivity contribution is 7.92. The highest BCUT2D eigenvalue weighted by Gasteiger charge is 2.23. The first-order valence-corrected chi connectivity index (χ1v) is 10.7. The van der Waals surface area contributed by atoms with Crippen molar-refractivity contribution in [3.05, 3.63) is 63.2 Å². The molecule has 0 aromatic heterocycles. The second-order valence-corrected chi connectivity index (χ2v) is 8.32. The molecule has 0 aliphatic rings. The van der Waals surface area contributed by atoms with Gasteiger partial charge in [0.05, 0.1) is 34.1 Å². The van der Waals surface area contributed by atoms with Crippen LogP contribution in [0.4, 0.5) is 17.1 Å². The van der Waals surface area contributed by atoms with Crippen LogP contribution in [0.5, 0.6) is 0 Å². The standard InChI is InChI=1S/C18H18ClN3O7S/c1-3-29-18(24)15-8-7-12(9-16(15)19)20-17(23)11-21(30(2,27)28)13-5-4-6-14(10-13)22(25)26/h4-10H,3,11H2,1-2H3,(H,20,23). The van der Waals surface area contributed by atoms with Crippen LogP contribution >= 0.6 is 11.6 Å². The summed E-state index contributed by atoms with van der Waals surface area (Å²) >= 11 is 6.04. The largest absolute Gasteiger partial charge is 0.462 e. The number of nitro groups is 1. The quantitative estimate of drug-likeness (QED) is 0.367. The van der Waals surface area contributed by atoms with Crippen LogP contribution in [0.25, 0.3) is 0 Å². The van der Waals surface area contributed by atoms with E-state index in [0.29, 0.717) is 0 Å². The van der Waals surface area contributed by atoms with Gasteiger partial charge in [-0.05, 0) is 31.2 Å². The number of carbonyl (C=O) groups is 2. The molecule has 0 bridgehead atoms. The summed E-state index contributed by atoms with van der Waals surface area (Å²) in [5.74, 6) is -1.33. The lowest BCUT2D eigenvalue weighted by molar-refractivity contribution is -0.384. The third-order valence-corrected chi connectivity index (χ3v) is 5.22. The van der Waals surface area contributed by atoms with Crippen LogP contribution in [-0.2, 0) is 19.6 Å². The highest BCUT2D eigenvalue weighted by Crippen LogP contribution is 2.24. The molecule has 0 aliphatic heterocycles. The lowest BCUT2D eigenvalue weighted by Crippen LogP contribution is -2.37. The minimum Gasteiger partial charge on any atom is -0.462 e. The van der Waals surface area contributed by atoms with Crippen LogP contribution in [0.1, 0.15) is 17.3 Å². The number of benzene rings is 2. The maximum atomic E-state index is 12.4. The molecule has 0 unspecified atom stereocenters. The number of esters is 1. The number of carbonyl (C=O) groups excluding carboxylic acids is 2. The lowest BCUT2D eigenvalue weighted by Gasteiger charge is -2.21. The van der Waals surface area contributed by atoms with Gasteiger partial charge < -0.3 is 10.1 Å². The number of nitro benzene ring substituents is 1. The molecule has 0 spiro atoms. The molecule has 0 fully saturated rings. The van der Waals surface area contributed by atoms with Crippen LogP contribution in [0.3, 0.4) is 0 Å². The van der Waals surface area contributed by atoms with Gasteiger partial charge in [0, 0.05) is 17.8 Å². The molecule has 0 atom stereocenters. The number of nitrogens with one attached hydrogen (secondary N) is 1. The molecule has 10 nitrogen and oxygen atoms in total. The smallest absolute Gasteiger partial charge is 0.339 e. The molecule has 0 aliphatic carbocycles. The molecular weight excluding hydrogens is 438 g/mol. The Morgan fingerprint density at radius 3 is 2.50 bits per heavy atom. The molecule has 1 N–H and O–H groups in total. The minimum absolute atomic E-state index is 0.0301. The number of hydrogen-bond acceptors (Lipinski definition) is 7. The maximum Gasteiger partial charge on any atom is 0.339 e. The highest BCUT2D eigenvalue weighted by atomic mass is 35.5. The Hall–Kier alpha value is -3.18. The summed E-state index contributed by atoms with van der Waals surface area (Å²) in [4.78, 5) is 34.5. The molecule has 12 heteroatoms. The lowest BCUT2D eigenvalue weighted by atomic mass is 10.2. The summed E-state index contributed by atoms with van der Waals surface area (Å²) in [6.45, 7) is 1.19. The van der Waals surface area contributed by atoms with Crippen LogP contribution in [0.15, 0.2) is 42.5 Å². The molecule has 160 valence electrons. The van der Waals surface area contributed by atoms with E-state index in [-0.39, 0.29) is 34.3 Å². The summed E-state index contributed by atoms with van der Waals surface area (Å²) in [6, 6.07) is 9.02. The van der Waals surface area contributed by atoms with E-state index in [9.17, 15) is 28.1 Å². The van der Waals surface area contributed by atoms with Crippen molar-refractivity contribution in [3.8, 4) is 0 Å². The predicted octanol–water partition coefficient (Wildman–Crippen LogP) is 2.83. The molecule has 0 radical (unpaired) electrons. The number of ether oxygens (including phenoxy) is 1. The van der Waals surface area contributed by atoms with Crippen LogP contribution in [0, 0.1) is 10.1 Å². The number of anilines is 2. The zero-order valence-electron chi connectivity index (χ0n) is 16.0. The topological polar surface area (TPSA) is 136 Å². The summed E-state index contributed by atoms with van der Waals surface area (Å²) < 4.78 is 29.9. The van der Waals surface area contributed by atoms with Gasteiger partial charge in [0.2, 0.25) is 15.9 Å². The number of non-ortho nitro benzene ring substituents is 1. The van der Waals surface area contributed by atoms with Gasteiger partial charge in [-0.2, -0.15) is 0 Å². The first kappa shape index (κ1) is 23.1. The normalized spacial score (nSPS) is 10.9. The van der Waals surface area contributed by atoms with Crippen molar-refractivity contribution >= 4 is 50.6 Å². The number of hydrogen-bond donors (Lipinski definition) is 1. The zero-order valence-corrected chi connectivity index (χ0v) is 17.6. The first-order valence-electron chi connectivity index (χ1n) is 8.51. The Kier molecular flexibility index (Phi) is 7.35. The molecular formula is C18H18ClN3O7S. The second kappa shape index (κ2) is 9.55. The Labute approximate surface area is 177 Å². The second-order valence-electron chi connectivity index (χ2n) is 6.01. The van der Waals surface area contributed by atoms with Crippen molar-refractivity contribution in [1.82, 2.24) is 0 Å². The van der Waals surface area contributed by atoms with Crippen molar-refractivity contribution < 1.29 is 27.7 Å². The Morgan fingerprint density at radius 1 is 1.23 bits per heavy atom. The van der Waals surface area contributed by atoms with Crippen LogP contribution < -0.4 is 9.62 Å². The van der Waals surface area contributed by atoms with Crippen molar-refractivity contribution in [2.75, 3.05) is 29.0 Å². The molecule has 0 heterocycles. The third kappa shape index (κ3) is 5.91. The fourth-order valence-corrected chi connectivity index (χ4v) is 3.57. The van der Waals surface area contributed by atoms with Gasteiger partial charge >= 0.3 is 5.97 Å². The van der Waals surface area contributed by atoms with Crippen molar-refractivity contribution in [1.29, 1.82) is 0 Å². The molecule has 2 aromatic carbocycles. The summed E-state index contributed by atoms with van der Waals surface area (Å²) in [5.41, 5.74) is -0.00292. The minimum atomic E-state index is -3.92. The van der Waals surface area contributed by atoms with E-state index in [2.05, 4.69) is 5.32 Å². The molecule has 2 aromatic rings. The number of sulfonamides is 1. The van der Waals surface area contributed by atoms with Crippen molar-refractivity contribution in [3.63, 3.8) is 0 Å². The van der Waals surface area contributed by atoms with Gasteiger partial charge in [0.15, 0.2) is 0 Å².